The van der Waals surface area contributed by atoms with Crippen molar-refractivity contribution in [1.82, 2.24) is 4.90 Å². The van der Waals surface area contributed by atoms with Crippen molar-refractivity contribution in [2.24, 2.45) is 5.92 Å². The van der Waals surface area contributed by atoms with Gasteiger partial charge in [0.2, 0.25) is 0 Å². The molecule has 1 saturated heterocycles. The Kier molecular flexibility index (Phi) is 3.56. The molecule has 0 radical (unpaired) electrons. The third kappa shape index (κ3) is 3.35. The summed E-state index contributed by atoms with van der Waals surface area (Å²) in [6.07, 6.45) is -4.32. The van der Waals surface area contributed by atoms with Gasteiger partial charge in [-0.05, 0) is 7.05 Å². The zero-order valence-electron chi connectivity index (χ0n) is 8.12. The van der Waals surface area contributed by atoms with Crippen LogP contribution in [0.15, 0.2) is 0 Å². The molecule has 0 aromatic rings. The standard InChI is InChI=1S/C8H12F3NO3/c1-12(4-8(9,10)11)6-3-15-2-5(6)7(13)14/h5-6H,2-4H2,1H3,(H,13,14). The lowest BCUT2D eigenvalue weighted by atomic mass is 10.0. The van der Waals surface area contributed by atoms with E-state index in [2.05, 4.69) is 0 Å². The van der Waals surface area contributed by atoms with Crippen molar-refractivity contribution < 1.29 is 27.8 Å². The van der Waals surface area contributed by atoms with E-state index in [-0.39, 0.29) is 13.2 Å². The number of ether oxygens (including phenoxy) is 1. The van der Waals surface area contributed by atoms with Crippen LogP contribution >= 0.6 is 0 Å². The van der Waals surface area contributed by atoms with Gasteiger partial charge < -0.3 is 9.84 Å². The summed E-state index contributed by atoms with van der Waals surface area (Å²) in [4.78, 5) is 11.7. The molecule has 1 aliphatic heterocycles. The molecule has 0 spiro atoms. The molecule has 7 heteroatoms. The maximum atomic E-state index is 12.1. The number of likely N-dealkylation sites (N-methyl/N-ethyl adjacent to an activating group) is 1. The highest BCUT2D eigenvalue weighted by atomic mass is 19.4. The van der Waals surface area contributed by atoms with Crippen molar-refractivity contribution in [1.29, 1.82) is 0 Å². The summed E-state index contributed by atoms with van der Waals surface area (Å²) in [6, 6.07) is -0.705. The molecular weight excluding hydrogens is 215 g/mol. The minimum atomic E-state index is -4.32. The Balaban J connectivity index is 2.58. The van der Waals surface area contributed by atoms with Crippen molar-refractivity contribution in [2.75, 3.05) is 26.8 Å². The molecule has 1 heterocycles. The predicted molar refractivity (Wildman–Crippen MR) is 44.4 cm³/mol. The number of nitrogens with zero attached hydrogens (tertiary/aromatic N) is 1. The molecule has 1 rings (SSSR count). The molecule has 0 aliphatic carbocycles. The van der Waals surface area contributed by atoms with Gasteiger partial charge in [-0.25, -0.2) is 0 Å². The second kappa shape index (κ2) is 4.36. The highest BCUT2D eigenvalue weighted by molar-refractivity contribution is 5.71. The summed E-state index contributed by atoms with van der Waals surface area (Å²) >= 11 is 0. The zero-order chi connectivity index (χ0) is 11.6. The van der Waals surface area contributed by atoms with Gasteiger partial charge in [-0.3, -0.25) is 9.69 Å². The third-order valence-corrected chi connectivity index (χ3v) is 2.36. The number of hydrogen-bond donors (Lipinski definition) is 1. The van der Waals surface area contributed by atoms with Gasteiger partial charge in [-0.1, -0.05) is 0 Å². The Bertz CT molecular complexity index is 244. The number of carboxylic acid groups (broad SMARTS) is 1. The van der Waals surface area contributed by atoms with E-state index >= 15 is 0 Å². The summed E-state index contributed by atoms with van der Waals surface area (Å²) in [5.41, 5.74) is 0. The minimum absolute atomic E-state index is 0.0256. The van der Waals surface area contributed by atoms with Crippen LogP contribution in [-0.2, 0) is 9.53 Å². The fraction of sp³-hybridized carbons (Fsp3) is 0.875. The summed E-state index contributed by atoms with van der Waals surface area (Å²) in [6.45, 7) is -1.11. The fourth-order valence-corrected chi connectivity index (χ4v) is 1.61. The molecule has 1 fully saturated rings. The van der Waals surface area contributed by atoms with Crippen LogP contribution in [0.5, 0.6) is 0 Å². The first-order chi connectivity index (χ1) is 6.81. The molecule has 0 aromatic heterocycles. The van der Waals surface area contributed by atoms with Crippen molar-refractivity contribution in [2.45, 2.75) is 12.2 Å². The van der Waals surface area contributed by atoms with Gasteiger partial charge in [-0.15, -0.1) is 0 Å². The lowest BCUT2D eigenvalue weighted by molar-refractivity contribution is -0.155. The van der Waals surface area contributed by atoms with E-state index in [0.717, 1.165) is 4.90 Å². The first kappa shape index (κ1) is 12.3. The Labute approximate surface area is 84.6 Å². The molecule has 2 unspecified atom stereocenters. The number of halogens is 3. The molecule has 2 atom stereocenters. The van der Waals surface area contributed by atoms with Crippen LogP contribution < -0.4 is 0 Å². The molecule has 1 aliphatic rings. The van der Waals surface area contributed by atoms with Gasteiger partial charge in [0.15, 0.2) is 0 Å². The summed E-state index contributed by atoms with van der Waals surface area (Å²) < 4.78 is 41.1. The Morgan fingerprint density at radius 3 is 2.60 bits per heavy atom. The Hall–Kier alpha value is -0.820. The van der Waals surface area contributed by atoms with E-state index in [9.17, 15) is 18.0 Å². The Morgan fingerprint density at radius 1 is 1.53 bits per heavy atom. The van der Waals surface area contributed by atoms with E-state index in [4.69, 9.17) is 9.84 Å². The molecule has 15 heavy (non-hydrogen) atoms. The lowest BCUT2D eigenvalue weighted by Gasteiger charge is -2.26. The predicted octanol–water partition coefficient (Wildman–Crippen LogP) is 0.580. The molecule has 4 nitrogen and oxygen atoms in total. The van der Waals surface area contributed by atoms with Crippen molar-refractivity contribution >= 4 is 5.97 Å². The molecule has 0 saturated carbocycles. The van der Waals surface area contributed by atoms with Crippen LogP contribution in [0.25, 0.3) is 0 Å². The summed E-state index contributed by atoms with van der Waals surface area (Å²) in [5, 5.41) is 8.74. The smallest absolute Gasteiger partial charge is 0.401 e. The highest BCUT2D eigenvalue weighted by Crippen LogP contribution is 2.23. The van der Waals surface area contributed by atoms with E-state index < -0.39 is 30.7 Å². The monoisotopic (exact) mass is 227 g/mol. The SMILES string of the molecule is CN(CC(F)(F)F)C1COCC1C(=O)O. The molecular formula is C8H12F3NO3. The second-order valence-electron chi connectivity index (χ2n) is 3.58. The lowest BCUT2D eigenvalue weighted by Crippen LogP contribution is -2.44. The zero-order valence-corrected chi connectivity index (χ0v) is 8.12. The van der Waals surface area contributed by atoms with Gasteiger partial charge in [0.1, 0.15) is 0 Å². The van der Waals surface area contributed by atoms with Crippen molar-refractivity contribution in [3.05, 3.63) is 0 Å². The van der Waals surface area contributed by atoms with E-state index in [1.165, 1.54) is 7.05 Å². The van der Waals surface area contributed by atoms with Gasteiger partial charge in [0, 0.05) is 6.04 Å². The molecule has 0 aromatic carbocycles. The quantitative estimate of drug-likeness (QED) is 0.766. The average molecular weight is 227 g/mol. The van der Waals surface area contributed by atoms with Crippen LogP contribution in [0, 0.1) is 5.92 Å². The highest BCUT2D eigenvalue weighted by Gasteiger charge is 2.40. The van der Waals surface area contributed by atoms with Crippen molar-refractivity contribution in [3.63, 3.8) is 0 Å². The van der Waals surface area contributed by atoms with Crippen molar-refractivity contribution in [3.8, 4) is 0 Å². The molecule has 88 valence electrons. The number of hydrogen-bond acceptors (Lipinski definition) is 3. The Morgan fingerprint density at radius 2 is 2.13 bits per heavy atom. The van der Waals surface area contributed by atoms with Crippen LogP contribution in [-0.4, -0.2) is 55.0 Å². The fourth-order valence-electron chi connectivity index (χ4n) is 1.61. The number of carboxylic acids is 1. The van der Waals surface area contributed by atoms with Gasteiger partial charge in [0.05, 0.1) is 25.7 Å². The maximum Gasteiger partial charge on any atom is 0.401 e. The number of rotatable bonds is 3. The largest absolute Gasteiger partial charge is 0.481 e. The van der Waals surface area contributed by atoms with Gasteiger partial charge >= 0.3 is 12.1 Å². The topological polar surface area (TPSA) is 49.8 Å². The average Bonchev–Trinajstić information content (AvgIpc) is 2.47. The van der Waals surface area contributed by atoms with Crippen LogP contribution in [0.2, 0.25) is 0 Å². The molecule has 0 amide bonds. The number of aliphatic carboxylic acids is 1. The van der Waals surface area contributed by atoms with Crippen LogP contribution in [0.3, 0.4) is 0 Å². The first-order valence-corrected chi connectivity index (χ1v) is 4.39. The molecule has 1 N–H and O–H groups in total. The summed E-state index contributed by atoms with van der Waals surface area (Å²) in [7, 11) is 1.25. The number of carbonyl (C=O) groups is 1. The normalized spacial score (nSPS) is 27.3. The van der Waals surface area contributed by atoms with Crippen LogP contribution in [0.1, 0.15) is 0 Å². The van der Waals surface area contributed by atoms with E-state index in [1.54, 1.807) is 0 Å². The third-order valence-electron chi connectivity index (χ3n) is 2.36. The van der Waals surface area contributed by atoms with E-state index in [1.807, 2.05) is 0 Å². The summed E-state index contributed by atoms with van der Waals surface area (Å²) in [5.74, 6) is -2.00. The van der Waals surface area contributed by atoms with E-state index in [0.29, 0.717) is 0 Å². The number of alkyl halides is 3. The first-order valence-electron chi connectivity index (χ1n) is 4.39. The van der Waals surface area contributed by atoms with Gasteiger partial charge in [0.25, 0.3) is 0 Å². The second-order valence-corrected chi connectivity index (χ2v) is 3.58. The minimum Gasteiger partial charge on any atom is -0.481 e. The van der Waals surface area contributed by atoms with Gasteiger partial charge in [-0.2, -0.15) is 13.2 Å². The molecule has 0 bridgehead atoms. The van der Waals surface area contributed by atoms with Crippen LogP contribution in [0.4, 0.5) is 13.2 Å². The maximum absolute atomic E-state index is 12.1.